The fourth-order valence-electron chi connectivity index (χ4n) is 1.05. The van der Waals surface area contributed by atoms with E-state index in [1.165, 1.54) is 5.56 Å². The molecule has 0 saturated carbocycles. The summed E-state index contributed by atoms with van der Waals surface area (Å²) < 4.78 is 0. The molecule has 13 heavy (non-hydrogen) atoms. The summed E-state index contributed by atoms with van der Waals surface area (Å²) in [5, 5.41) is 3.53. The minimum Gasteiger partial charge on any atom is -0.0934 e. The Hall–Kier alpha value is -1.47. The lowest BCUT2D eigenvalue weighted by atomic mass is 10.0. The first-order chi connectivity index (χ1) is 5.84. The Morgan fingerprint density at radius 3 is 2.54 bits per heavy atom. The van der Waals surface area contributed by atoms with E-state index in [-0.39, 0.29) is 7.43 Å². The van der Waals surface area contributed by atoms with Crippen molar-refractivity contribution in [3.05, 3.63) is 46.3 Å². The highest BCUT2D eigenvalue weighted by atomic mass is 15.1. The molecule has 0 radical (unpaired) electrons. The van der Waals surface area contributed by atoms with Crippen LogP contribution in [-0.2, 0) is 0 Å². The van der Waals surface area contributed by atoms with Crippen LogP contribution < -0.4 is 0 Å². The van der Waals surface area contributed by atoms with Crippen LogP contribution in [0.3, 0.4) is 0 Å². The number of hydrogen-bond donors (Lipinski definition) is 0. The summed E-state index contributed by atoms with van der Waals surface area (Å²) in [6, 6.07) is 10.0. The first kappa shape index (κ1) is 11.5. The van der Waals surface area contributed by atoms with Gasteiger partial charge in [-0.25, -0.2) is 0 Å². The van der Waals surface area contributed by atoms with Crippen LogP contribution in [0, 0.1) is 0 Å². The molecule has 0 heterocycles. The summed E-state index contributed by atoms with van der Waals surface area (Å²) in [5.41, 5.74) is 9.33. The van der Waals surface area contributed by atoms with E-state index in [4.69, 9.17) is 5.53 Å². The molecule has 0 fully saturated rings. The van der Waals surface area contributed by atoms with E-state index < -0.39 is 0 Å². The first-order valence-corrected chi connectivity index (χ1v) is 3.90. The van der Waals surface area contributed by atoms with Gasteiger partial charge in [-0.2, -0.15) is 0 Å². The van der Waals surface area contributed by atoms with E-state index in [2.05, 4.69) is 10.0 Å². The Balaban J connectivity index is 0.00000144. The van der Waals surface area contributed by atoms with Gasteiger partial charge in [0.15, 0.2) is 0 Å². The molecular weight excluding hydrogens is 162 g/mol. The minimum absolute atomic E-state index is 0. The van der Waals surface area contributed by atoms with Gasteiger partial charge in [0.05, 0.1) is 0 Å². The topological polar surface area (TPSA) is 48.8 Å². The smallest absolute Gasteiger partial charge is 0.0324 e. The molecule has 0 aliphatic rings. The molecule has 1 aromatic rings. The van der Waals surface area contributed by atoms with Crippen LogP contribution in [0.5, 0.6) is 0 Å². The number of rotatable bonds is 3. The van der Waals surface area contributed by atoms with Crippen molar-refractivity contribution in [2.45, 2.75) is 20.3 Å². The van der Waals surface area contributed by atoms with Crippen molar-refractivity contribution >= 4 is 0 Å². The number of nitrogens with zero attached hydrogens (tertiary/aromatic N) is 3. The van der Waals surface area contributed by atoms with E-state index in [1.54, 1.807) is 0 Å². The molecule has 0 spiro atoms. The van der Waals surface area contributed by atoms with Crippen molar-refractivity contribution in [2.75, 3.05) is 6.54 Å². The standard InChI is InChI=1S/C9H11N3.CH4/c1-8(7-11-12-10)9-5-3-2-4-6-9;/h2-6,8H,7H2,1H3;1H4/t8-;/m0./s1. The second kappa shape index (κ2) is 6.09. The monoisotopic (exact) mass is 177 g/mol. The fourth-order valence-corrected chi connectivity index (χ4v) is 1.05. The minimum atomic E-state index is 0. The maximum atomic E-state index is 8.12. The van der Waals surface area contributed by atoms with Crippen LogP contribution in [0.1, 0.15) is 25.8 Å². The molecule has 3 heteroatoms. The third-order valence-electron chi connectivity index (χ3n) is 1.79. The van der Waals surface area contributed by atoms with Gasteiger partial charge in [0.1, 0.15) is 0 Å². The zero-order valence-corrected chi connectivity index (χ0v) is 7.01. The van der Waals surface area contributed by atoms with Gasteiger partial charge in [-0.3, -0.25) is 0 Å². The molecule has 0 aliphatic heterocycles. The molecule has 0 aliphatic carbocycles. The Morgan fingerprint density at radius 1 is 1.38 bits per heavy atom. The Morgan fingerprint density at radius 2 is 2.00 bits per heavy atom. The Kier molecular flexibility index (Phi) is 5.40. The van der Waals surface area contributed by atoms with Crippen LogP contribution in [0.15, 0.2) is 35.4 Å². The van der Waals surface area contributed by atoms with Crippen molar-refractivity contribution in [1.29, 1.82) is 0 Å². The molecular formula is C10H15N3. The molecule has 0 aromatic heterocycles. The van der Waals surface area contributed by atoms with E-state index in [0.29, 0.717) is 12.5 Å². The van der Waals surface area contributed by atoms with Crippen molar-refractivity contribution < 1.29 is 0 Å². The third kappa shape index (κ3) is 3.63. The van der Waals surface area contributed by atoms with Crippen LogP contribution in [0.2, 0.25) is 0 Å². The summed E-state index contributed by atoms with van der Waals surface area (Å²) >= 11 is 0. The van der Waals surface area contributed by atoms with Gasteiger partial charge in [-0.15, -0.1) is 0 Å². The molecule has 1 atom stereocenters. The highest BCUT2D eigenvalue weighted by Crippen LogP contribution is 2.14. The summed E-state index contributed by atoms with van der Waals surface area (Å²) in [6.45, 7) is 2.57. The summed E-state index contributed by atoms with van der Waals surface area (Å²) in [4.78, 5) is 2.73. The SMILES string of the molecule is C.C[C@@H](CN=[N+]=[N-])c1ccccc1. The Bertz CT molecular complexity index is 275. The van der Waals surface area contributed by atoms with Gasteiger partial charge in [-0.1, -0.05) is 49.8 Å². The number of hydrogen-bond acceptors (Lipinski definition) is 1. The molecule has 0 bridgehead atoms. The molecule has 0 unspecified atom stereocenters. The second-order valence-corrected chi connectivity index (χ2v) is 2.73. The van der Waals surface area contributed by atoms with E-state index >= 15 is 0 Å². The largest absolute Gasteiger partial charge is 0.0934 e. The van der Waals surface area contributed by atoms with Crippen LogP contribution >= 0.6 is 0 Å². The molecule has 3 nitrogen and oxygen atoms in total. The van der Waals surface area contributed by atoms with Gasteiger partial charge in [0.2, 0.25) is 0 Å². The van der Waals surface area contributed by atoms with Crippen LogP contribution in [0.4, 0.5) is 0 Å². The molecule has 0 saturated heterocycles. The van der Waals surface area contributed by atoms with E-state index in [9.17, 15) is 0 Å². The van der Waals surface area contributed by atoms with Gasteiger partial charge in [-0.05, 0) is 17.0 Å². The number of azide groups is 1. The van der Waals surface area contributed by atoms with Gasteiger partial charge in [0.25, 0.3) is 0 Å². The van der Waals surface area contributed by atoms with Crippen LogP contribution in [0.25, 0.3) is 10.4 Å². The molecule has 0 amide bonds. The highest BCUT2D eigenvalue weighted by Gasteiger charge is 2.01. The van der Waals surface area contributed by atoms with Crippen molar-refractivity contribution in [2.24, 2.45) is 5.11 Å². The summed E-state index contributed by atoms with van der Waals surface area (Å²) in [5.74, 6) is 0.307. The maximum Gasteiger partial charge on any atom is 0.0324 e. The fraction of sp³-hybridized carbons (Fsp3) is 0.400. The van der Waals surface area contributed by atoms with Crippen molar-refractivity contribution in [1.82, 2.24) is 0 Å². The summed E-state index contributed by atoms with van der Waals surface area (Å²) in [7, 11) is 0. The highest BCUT2D eigenvalue weighted by molar-refractivity contribution is 5.18. The Labute approximate surface area is 79.0 Å². The van der Waals surface area contributed by atoms with Gasteiger partial charge >= 0.3 is 0 Å². The zero-order chi connectivity index (χ0) is 8.81. The molecule has 0 N–H and O–H groups in total. The van der Waals surface area contributed by atoms with Gasteiger partial charge in [0, 0.05) is 11.5 Å². The predicted octanol–water partition coefficient (Wildman–Crippen LogP) is 3.74. The normalized spacial score (nSPS) is 10.8. The zero-order valence-electron chi connectivity index (χ0n) is 7.01. The molecule has 70 valence electrons. The molecule has 1 rings (SSSR count). The van der Waals surface area contributed by atoms with Crippen LogP contribution in [-0.4, -0.2) is 6.54 Å². The van der Waals surface area contributed by atoms with E-state index in [1.807, 2.05) is 37.3 Å². The average Bonchev–Trinajstić information content (AvgIpc) is 2.15. The van der Waals surface area contributed by atoms with Crippen molar-refractivity contribution in [3.63, 3.8) is 0 Å². The lowest BCUT2D eigenvalue weighted by Crippen LogP contribution is -1.95. The predicted molar refractivity (Wildman–Crippen MR) is 55.6 cm³/mol. The lowest BCUT2D eigenvalue weighted by molar-refractivity contribution is 0.769. The average molecular weight is 177 g/mol. The van der Waals surface area contributed by atoms with E-state index in [0.717, 1.165) is 0 Å². The quantitative estimate of drug-likeness (QED) is 0.383. The van der Waals surface area contributed by atoms with Gasteiger partial charge < -0.3 is 0 Å². The molecule has 1 aromatic carbocycles. The second-order valence-electron chi connectivity index (χ2n) is 2.73. The van der Waals surface area contributed by atoms with Crippen molar-refractivity contribution in [3.8, 4) is 0 Å². The number of benzene rings is 1. The lowest BCUT2D eigenvalue weighted by Gasteiger charge is -2.06. The first-order valence-electron chi connectivity index (χ1n) is 3.90. The summed E-state index contributed by atoms with van der Waals surface area (Å²) in [6.07, 6.45) is 0. The third-order valence-corrected chi connectivity index (χ3v) is 1.79. The maximum absolute atomic E-state index is 8.12.